The molecule has 1 saturated heterocycles. The average molecular weight is 980 g/mol. The molecule has 0 unspecified atom stereocenters. The molecular formula is C46H61N9O15. The number of amides is 4. The van der Waals surface area contributed by atoms with Gasteiger partial charge in [0.2, 0.25) is 5.91 Å². The van der Waals surface area contributed by atoms with E-state index in [4.69, 9.17) is 5.11 Å². The number of pyridine rings is 1. The summed E-state index contributed by atoms with van der Waals surface area (Å²) >= 11 is 0. The smallest absolute Gasteiger partial charge is 0.326 e. The van der Waals surface area contributed by atoms with Gasteiger partial charge < -0.3 is 51.5 Å². The Kier molecular flexibility index (Phi) is 22.3. The fourth-order valence-electron chi connectivity index (χ4n) is 7.73. The second-order valence-corrected chi connectivity index (χ2v) is 16.8. The molecule has 0 bridgehead atoms. The van der Waals surface area contributed by atoms with Crippen LogP contribution in [0, 0.1) is 0 Å². The lowest BCUT2D eigenvalue weighted by Gasteiger charge is -2.32. The van der Waals surface area contributed by atoms with Gasteiger partial charge in [-0.2, -0.15) is 0 Å². The summed E-state index contributed by atoms with van der Waals surface area (Å²) in [7, 11) is 0. The zero-order chi connectivity index (χ0) is 51.2. The maximum absolute atomic E-state index is 14.2. The van der Waals surface area contributed by atoms with Crippen molar-refractivity contribution in [2.24, 2.45) is 0 Å². The van der Waals surface area contributed by atoms with E-state index in [-0.39, 0.29) is 123 Å². The maximum Gasteiger partial charge on any atom is 0.326 e. The molecule has 4 amide bonds. The van der Waals surface area contributed by atoms with Gasteiger partial charge in [-0.25, -0.2) is 14.4 Å². The molecule has 0 radical (unpaired) electrons. The summed E-state index contributed by atoms with van der Waals surface area (Å²) in [6, 6.07) is 11.9. The minimum absolute atomic E-state index is 0.0796. The fourth-order valence-corrected chi connectivity index (χ4v) is 7.73. The van der Waals surface area contributed by atoms with E-state index < -0.39 is 66.8 Å². The molecule has 4 rings (SSSR count). The van der Waals surface area contributed by atoms with E-state index in [1.54, 1.807) is 55.0 Å². The van der Waals surface area contributed by atoms with Crippen LogP contribution in [0.1, 0.15) is 53.7 Å². The summed E-state index contributed by atoms with van der Waals surface area (Å²) in [4.78, 5) is 122. The number of aliphatic carboxylic acids is 6. The fraction of sp³-hybridized carbons (Fsp3) is 0.478. The Bertz CT molecular complexity index is 2260. The second-order valence-electron chi connectivity index (χ2n) is 16.8. The molecule has 1 aliphatic rings. The molecule has 2 heterocycles. The third-order valence-corrected chi connectivity index (χ3v) is 11.5. The van der Waals surface area contributed by atoms with Gasteiger partial charge in [0.05, 0.1) is 38.4 Å². The van der Waals surface area contributed by atoms with E-state index in [2.05, 4.69) is 20.9 Å². The topological polar surface area (TPSA) is 340 Å². The molecule has 1 aromatic heterocycles. The lowest BCUT2D eigenvalue weighted by atomic mass is 10.1. The van der Waals surface area contributed by atoms with Crippen LogP contribution in [-0.2, 0) is 46.7 Å². The van der Waals surface area contributed by atoms with Gasteiger partial charge in [-0.15, -0.1) is 0 Å². The van der Waals surface area contributed by atoms with E-state index in [1.165, 1.54) is 0 Å². The predicted octanol–water partition coefficient (Wildman–Crippen LogP) is 0.210. The number of carbonyl (C=O) groups is 9. The van der Waals surface area contributed by atoms with E-state index in [1.807, 2.05) is 30.3 Å². The van der Waals surface area contributed by atoms with Crippen LogP contribution in [0.2, 0.25) is 0 Å². The first-order chi connectivity index (χ1) is 33.4. The number of unbranched alkanes of at least 4 members (excludes halogenated alkanes) is 1. The Labute approximate surface area is 402 Å². The number of nitrogens with zero attached hydrogens (tertiary/aromatic N) is 6. The lowest BCUT2D eigenvalue weighted by molar-refractivity contribution is -0.141. The molecule has 0 aliphatic carbocycles. The van der Waals surface area contributed by atoms with Crippen molar-refractivity contribution in [1.82, 2.24) is 45.4 Å². The van der Waals surface area contributed by atoms with Crippen molar-refractivity contribution in [3.8, 4) is 0 Å². The molecule has 1 aliphatic heterocycles. The molecule has 2 atom stereocenters. The first kappa shape index (κ1) is 55.3. The number of carboxylic acids is 6. The molecule has 0 spiro atoms. The molecule has 24 heteroatoms. The number of nitrogens with one attached hydrogen (secondary N) is 3. The van der Waals surface area contributed by atoms with E-state index in [0.717, 1.165) is 10.8 Å². The standard InChI is InChI=1S/C46H61N9O15/c56-38(27-51-17-19-52(28-40(59)60)21-23-54(30-42(63)64)24-22-53(20-18-51)29-41(61)62)48-25-31-8-10-33(11-9-31)43(65)55(26-37-34-6-2-1-5-32(34)14-15-47-37)16-4-3-7-35(44(66)67)49-46(70)50-36(45(68)69)12-13-39(57)58/h1-2,5-6,8-11,14-15,35-36H,3-4,7,12-13,16-30H2,(H,48,56)(H,57,58)(H,59,60)(H,61,62)(H,63,64)(H,66,67)(H,68,69)(H2,49,50,70)/t35-,36-/m0/s1. The number of fused-ring (bicyclic) bond motifs is 1. The molecule has 9 N–H and O–H groups in total. The minimum atomic E-state index is -1.56. The van der Waals surface area contributed by atoms with Crippen LogP contribution < -0.4 is 16.0 Å². The van der Waals surface area contributed by atoms with Gasteiger partial charge in [-0.1, -0.05) is 36.4 Å². The number of benzene rings is 2. The van der Waals surface area contributed by atoms with Crippen LogP contribution in [-0.4, -0.2) is 211 Å². The highest BCUT2D eigenvalue weighted by Crippen LogP contribution is 2.20. The highest BCUT2D eigenvalue weighted by molar-refractivity contribution is 5.94. The molecule has 380 valence electrons. The number of rotatable bonds is 25. The van der Waals surface area contributed by atoms with Gasteiger partial charge in [0.1, 0.15) is 12.1 Å². The van der Waals surface area contributed by atoms with Gasteiger partial charge in [-0.05, 0) is 54.8 Å². The Morgan fingerprint density at radius 3 is 1.59 bits per heavy atom. The molecule has 3 aromatic rings. The van der Waals surface area contributed by atoms with Gasteiger partial charge in [0, 0.05) is 89.0 Å². The molecular weight excluding hydrogens is 919 g/mol. The number of carbonyl (C=O) groups excluding carboxylic acids is 3. The summed E-state index contributed by atoms with van der Waals surface area (Å²) in [6.45, 7) is 1.34. The maximum atomic E-state index is 14.2. The van der Waals surface area contributed by atoms with E-state index >= 15 is 0 Å². The third kappa shape index (κ3) is 19.7. The van der Waals surface area contributed by atoms with E-state index in [0.29, 0.717) is 23.2 Å². The van der Waals surface area contributed by atoms with Crippen LogP contribution in [0.5, 0.6) is 0 Å². The summed E-state index contributed by atoms with van der Waals surface area (Å²) in [6.07, 6.45) is 1.12. The van der Waals surface area contributed by atoms with Crippen LogP contribution >= 0.6 is 0 Å². The van der Waals surface area contributed by atoms with Crippen molar-refractivity contribution in [3.05, 3.63) is 77.6 Å². The van der Waals surface area contributed by atoms with E-state index in [9.17, 15) is 68.7 Å². The minimum Gasteiger partial charge on any atom is -0.481 e. The monoisotopic (exact) mass is 979 g/mol. The van der Waals surface area contributed by atoms with Gasteiger partial charge in [-0.3, -0.25) is 53.4 Å². The quantitative estimate of drug-likeness (QED) is 0.0512. The predicted molar refractivity (Wildman–Crippen MR) is 249 cm³/mol. The highest BCUT2D eigenvalue weighted by atomic mass is 16.4. The normalized spacial score (nSPS) is 15.3. The summed E-state index contributed by atoms with van der Waals surface area (Å²) < 4.78 is 0. The summed E-state index contributed by atoms with van der Waals surface area (Å²) in [5.41, 5.74) is 1.60. The van der Waals surface area contributed by atoms with Crippen LogP contribution in [0.25, 0.3) is 10.8 Å². The van der Waals surface area contributed by atoms with Gasteiger partial charge >= 0.3 is 41.8 Å². The Balaban J connectivity index is 1.40. The molecule has 1 fully saturated rings. The van der Waals surface area contributed by atoms with Gasteiger partial charge in [0.25, 0.3) is 5.91 Å². The molecule has 2 aromatic carbocycles. The van der Waals surface area contributed by atoms with Crippen molar-refractivity contribution in [2.45, 2.75) is 57.3 Å². The molecule has 24 nitrogen and oxygen atoms in total. The van der Waals surface area contributed by atoms with Crippen molar-refractivity contribution >= 4 is 64.4 Å². The zero-order valence-corrected chi connectivity index (χ0v) is 38.6. The Morgan fingerprint density at radius 2 is 1.09 bits per heavy atom. The SMILES string of the molecule is O=C(O)CC[C@H](NC(=O)N[C@@H](CCCCN(Cc1nccc2ccccc12)C(=O)c1ccc(CNC(=O)CN2CCN(CC(=O)O)CCN(CC(=O)O)CCN(CC(=O)O)CC2)cc1)C(=O)O)C(=O)O. The second kappa shape index (κ2) is 28.3. The van der Waals surface area contributed by atoms with Gasteiger partial charge in [0.15, 0.2) is 0 Å². The molecule has 0 saturated carbocycles. The molecule has 70 heavy (non-hydrogen) atoms. The first-order valence-electron chi connectivity index (χ1n) is 22.6. The van der Waals surface area contributed by atoms with Crippen LogP contribution in [0.15, 0.2) is 60.8 Å². The Hall–Kier alpha value is -7.28. The average Bonchev–Trinajstić information content (AvgIpc) is 3.30. The largest absolute Gasteiger partial charge is 0.481 e. The zero-order valence-electron chi connectivity index (χ0n) is 38.6. The highest BCUT2D eigenvalue weighted by Gasteiger charge is 2.26. The summed E-state index contributed by atoms with van der Waals surface area (Å²) in [5.74, 6) is -8.04. The van der Waals surface area contributed by atoms with Crippen molar-refractivity contribution < 1.29 is 73.8 Å². The number of hydrogen-bond donors (Lipinski definition) is 9. The van der Waals surface area contributed by atoms with Crippen LogP contribution in [0.3, 0.4) is 0 Å². The first-order valence-corrected chi connectivity index (χ1v) is 22.6. The Morgan fingerprint density at radius 1 is 0.586 bits per heavy atom. The number of aromatic nitrogens is 1. The third-order valence-electron chi connectivity index (χ3n) is 11.5. The number of hydrogen-bond acceptors (Lipinski definition) is 14. The lowest BCUT2D eigenvalue weighted by Crippen LogP contribution is -2.51. The van der Waals surface area contributed by atoms with Crippen LogP contribution in [0.4, 0.5) is 4.79 Å². The van der Waals surface area contributed by atoms with Crippen molar-refractivity contribution in [3.63, 3.8) is 0 Å². The summed E-state index contributed by atoms with van der Waals surface area (Å²) in [5, 5.41) is 65.4. The van der Waals surface area contributed by atoms with Crippen molar-refractivity contribution in [2.75, 3.05) is 85.1 Å². The number of urea groups is 1. The number of carboxylic acid groups (broad SMARTS) is 6. The van der Waals surface area contributed by atoms with Crippen molar-refractivity contribution in [1.29, 1.82) is 0 Å².